The van der Waals surface area contributed by atoms with Crippen LogP contribution in [0.25, 0.3) is 0 Å². The smallest absolute Gasteiger partial charge is 0.220 e. The first-order chi connectivity index (χ1) is 10.9. The molecule has 1 aromatic rings. The molecule has 0 spiro atoms. The molecule has 0 amide bonds. The molecule has 0 aliphatic rings. The number of benzene rings is 1. The molecule has 0 saturated heterocycles. The van der Waals surface area contributed by atoms with Crippen molar-refractivity contribution in [3.8, 4) is 0 Å². The number of rotatable bonds is 6. The molecule has 0 bridgehead atoms. The first-order valence-electron chi connectivity index (χ1n) is 8.80. The number of hydrogen-bond acceptors (Lipinski definition) is 3. The maximum Gasteiger partial charge on any atom is 0.220 e. The molecule has 0 saturated carbocycles. The van der Waals surface area contributed by atoms with E-state index >= 15 is 0 Å². The van der Waals surface area contributed by atoms with E-state index in [0.717, 1.165) is 28.5 Å². The summed E-state index contributed by atoms with van der Waals surface area (Å²) in [6.45, 7) is 18.1. The van der Waals surface area contributed by atoms with Crippen molar-refractivity contribution in [2.24, 2.45) is 0 Å². The maximum absolute atomic E-state index is 13.1. The van der Waals surface area contributed by atoms with Crippen LogP contribution in [0.2, 0.25) is 0 Å². The van der Waals surface area contributed by atoms with Crippen LogP contribution < -0.4 is 0 Å². The van der Waals surface area contributed by atoms with Crippen LogP contribution in [0.5, 0.6) is 0 Å². The molecule has 0 aliphatic heterocycles. The zero-order valence-corrected chi connectivity index (χ0v) is 17.4. The topological polar surface area (TPSA) is 34.1 Å². The van der Waals surface area contributed by atoms with E-state index in [-0.39, 0.29) is 22.7 Å². The van der Waals surface area contributed by atoms with Crippen LogP contribution in [0, 0.1) is 0 Å². The third kappa shape index (κ3) is 4.72. The fourth-order valence-corrected chi connectivity index (χ4v) is 3.49. The van der Waals surface area contributed by atoms with Gasteiger partial charge in [0.1, 0.15) is 5.78 Å². The molecule has 0 unspecified atom stereocenters. The molecule has 0 N–H and O–H groups in total. The highest BCUT2D eigenvalue weighted by Gasteiger charge is 2.31. The number of hydrogen-bond donors (Lipinski definition) is 0. The van der Waals surface area contributed by atoms with Crippen LogP contribution in [0.4, 0.5) is 0 Å². The van der Waals surface area contributed by atoms with Gasteiger partial charge in [0, 0.05) is 5.56 Å². The minimum absolute atomic E-state index is 0.0120. The summed E-state index contributed by atoms with van der Waals surface area (Å²) < 4.78 is -0.698. The van der Waals surface area contributed by atoms with Crippen molar-refractivity contribution in [3.63, 3.8) is 0 Å². The van der Waals surface area contributed by atoms with Gasteiger partial charge in [0.15, 0.2) is 0 Å². The monoisotopic (exact) mass is 348 g/mol. The summed E-state index contributed by atoms with van der Waals surface area (Å²) in [5.74, 6) is 0.977. The Morgan fingerprint density at radius 3 is 1.58 bits per heavy atom. The van der Waals surface area contributed by atoms with Gasteiger partial charge in [0.2, 0.25) is 5.12 Å². The largest absolute Gasteiger partial charge is 0.298 e. The molecule has 2 nitrogen and oxygen atoms in total. The van der Waals surface area contributed by atoms with E-state index in [1.165, 1.54) is 5.56 Å². The summed E-state index contributed by atoms with van der Waals surface area (Å²) in [7, 11) is 0. The van der Waals surface area contributed by atoms with E-state index in [0.29, 0.717) is 5.92 Å². The Labute approximate surface area is 151 Å². The summed E-state index contributed by atoms with van der Waals surface area (Å²) in [4.78, 5) is 24.9. The Morgan fingerprint density at radius 1 is 0.875 bits per heavy atom. The minimum Gasteiger partial charge on any atom is -0.298 e. The maximum atomic E-state index is 13.1. The summed E-state index contributed by atoms with van der Waals surface area (Å²) in [6.07, 6.45) is 0. The predicted molar refractivity (Wildman–Crippen MR) is 105 cm³/mol. The quantitative estimate of drug-likeness (QED) is 0.605. The predicted octanol–water partition coefficient (Wildman–Crippen LogP) is 6.30. The van der Waals surface area contributed by atoms with E-state index in [9.17, 15) is 9.59 Å². The molecule has 134 valence electrons. The number of carbonyl (C=O) groups is 2. The summed E-state index contributed by atoms with van der Waals surface area (Å²) in [5.41, 5.74) is 4.28. The van der Waals surface area contributed by atoms with Gasteiger partial charge in [-0.05, 0) is 55.2 Å². The van der Waals surface area contributed by atoms with Crippen LogP contribution in [0.15, 0.2) is 12.1 Å². The zero-order valence-electron chi connectivity index (χ0n) is 16.6. The molecular weight excluding hydrogens is 316 g/mol. The molecule has 0 atom stereocenters. The fourth-order valence-electron chi connectivity index (χ4n) is 2.55. The Hall–Kier alpha value is -1.09. The van der Waals surface area contributed by atoms with Crippen LogP contribution >= 0.6 is 11.8 Å². The van der Waals surface area contributed by atoms with E-state index < -0.39 is 4.75 Å². The van der Waals surface area contributed by atoms with Gasteiger partial charge in [-0.2, -0.15) is 0 Å². The second-order valence-corrected chi connectivity index (χ2v) is 9.59. The van der Waals surface area contributed by atoms with Crippen molar-refractivity contribution >= 4 is 22.7 Å². The number of ketones is 1. The Kier molecular flexibility index (Phi) is 6.86. The van der Waals surface area contributed by atoms with Gasteiger partial charge in [-0.1, -0.05) is 65.4 Å². The van der Waals surface area contributed by atoms with E-state index in [1.54, 1.807) is 6.92 Å². The second-order valence-electron chi connectivity index (χ2n) is 7.99. The Balaban J connectivity index is 3.54. The van der Waals surface area contributed by atoms with Gasteiger partial charge in [-0.3, -0.25) is 9.59 Å². The van der Waals surface area contributed by atoms with E-state index in [1.807, 2.05) is 13.8 Å². The lowest BCUT2D eigenvalue weighted by Crippen LogP contribution is -2.27. The number of carbonyl (C=O) groups excluding carboxylic acids is 2. The lowest BCUT2D eigenvalue weighted by molar-refractivity contribution is -0.118. The molecule has 24 heavy (non-hydrogen) atoms. The Bertz CT molecular complexity index is 596. The highest BCUT2D eigenvalue weighted by Crippen LogP contribution is 2.37. The summed E-state index contributed by atoms with van der Waals surface area (Å²) >= 11 is 1.15. The van der Waals surface area contributed by atoms with Crippen LogP contribution in [0.3, 0.4) is 0 Å². The third-order valence-electron chi connectivity index (χ3n) is 4.53. The van der Waals surface area contributed by atoms with Gasteiger partial charge < -0.3 is 0 Å². The molecular formula is C21H32O2S. The SMILES string of the molecule is CC(=O)C(C)(C)SC(=O)c1c(C(C)C)cc(C(C)C)cc1C(C)C. The van der Waals surface area contributed by atoms with E-state index in [4.69, 9.17) is 0 Å². The van der Waals surface area contributed by atoms with Gasteiger partial charge in [-0.15, -0.1) is 0 Å². The normalized spacial score (nSPS) is 12.3. The molecule has 0 fully saturated rings. The third-order valence-corrected chi connectivity index (χ3v) is 5.72. The molecule has 0 aromatic heterocycles. The van der Waals surface area contributed by atoms with Crippen LogP contribution in [-0.2, 0) is 4.79 Å². The Morgan fingerprint density at radius 2 is 1.29 bits per heavy atom. The van der Waals surface area contributed by atoms with Crippen LogP contribution in [0.1, 0.15) is 107 Å². The van der Waals surface area contributed by atoms with Gasteiger partial charge in [-0.25, -0.2) is 0 Å². The molecule has 0 radical (unpaired) electrons. The molecule has 3 heteroatoms. The fraction of sp³-hybridized carbons (Fsp3) is 0.619. The van der Waals surface area contributed by atoms with Crippen molar-refractivity contribution in [2.75, 3.05) is 0 Å². The average Bonchev–Trinajstić information content (AvgIpc) is 2.44. The number of thioether (sulfide) groups is 1. The summed E-state index contributed by atoms with van der Waals surface area (Å²) in [6, 6.07) is 4.35. The molecule has 1 rings (SSSR count). The lowest BCUT2D eigenvalue weighted by Gasteiger charge is -2.25. The van der Waals surface area contributed by atoms with Gasteiger partial charge in [0.05, 0.1) is 4.75 Å². The number of Topliss-reactive ketones (excluding diaryl/α,β-unsaturated/α-hetero) is 1. The molecule has 0 heterocycles. The van der Waals surface area contributed by atoms with Crippen LogP contribution in [-0.4, -0.2) is 15.6 Å². The van der Waals surface area contributed by atoms with Gasteiger partial charge >= 0.3 is 0 Å². The van der Waals surface area contributed by atoms with Gasteiger partial charge in [0.25, 0.3) is 0 Å². The first-order valence-corrected chi connectivity index (χ1v) is 9.62. The minimum atomic E-state index is -0.698. The second kappa shape index (κ2) is 7.86. The highest BCUT2D eigenvalue weighted by atomic mass is 32.2. The lowest BCUT2D eigenvalue weighted by atomic mass is 9.85. The van der Waals surface area contributed by atoms with E-state index in [2.05, 4.69) is 53.7 Å². The molecule has 1 aromatic carbocycles. The first kappa shape index (κ1) is 21.0. The van der Waals surface area contributed by atoms with Crippen molar-refractivity contribution in [2.45, 2.75) is 84.8 Å². The summed E-state index contributed by atoms with van der Waals surface area (Å²) in [5, 5.41) is 0.0120. The molecule has 0 aliphatic carbocycles. The zero-order chi connectivity index (χ0) is 18.8. The van der Waals surface area contributed by atoms with Crippen molar-refractivity contribution in [1.82, 2.24) is 0 Å². The average molecular weight is 349 g/mol. The van der Waals surface area contributed by atoms with Crippen molar-refractivity contribution in [1.29, 1.82) is 0 Å². The van der Waals surface area contributed by atoms with Crippen molar-refractivity contribution < 1.29 is 9.59 Å². The highest BCUT2D eigenvalue weighted by molar-refractivity contribution is 8.15. The standard InChI is InChI=1S/C21H32O2S/c1-12(2)16-10-17(13(3)4)19(18(11-16)14(5)6)20(23)24-21(8,9)15(7)22/h10-14H,1-9H3. The van der Waals surface area contributed by atoms with Crippen molar-refractivity contribution in [3.05, 3.63) is 34.4 Å².